The topological polar surface area (TPSA) is 79.2 Å². The van der Waals surface area contributed by atoms with Crippen LogP contribution in [0.3, 0.4) is 0 Å². The number of benzene rings is 1. The van der Waals surface area contributed by atoms with Crippen LogP contribution in [0, 0.1) is 0 Å². The van der Waals surface area contributed by atoms with E-state index in [4.69, 9.17) is 9.47 Å². The van der Waals surface area contributed by atoms with Crippen LogP contribution in [-0.4, -0.2) is 65.6 Å². The van der Waals surface area contributed by atoms with E-state index in [1.165, 1.54) is 0 Å². The highest BCUT2D eigenvalue weighted by Gasteiger charge is 2.38. The van der Waals surface area contributed by atoms with Crippen molar-refractivity contribution in [2.24, 2.45) is 0 Å². The van der Waals surface area contributed by atoms with Gasteiger partial charge in [0.05, 0.1) is 23.9 Å². The maximum absolute atomic E-state index is 12.7. The predicted molar refractivity (Wildman–Crippen MR) is 85.6 cm³/mol. The Morgan fingerprint density at radius 1 is 1.39 bits per heavy atom. The van der Waals surface area contributed by atoms with Crippen LogP contribution in [0.5, 0.6) is 5.75 Å². The fourth-order valence-electron chi connectivity index (χ4n) is 2.50. The van der Waals surface area contributed by atoms with Gasteiger partial charge in [-0.15, -0.1) is 0 Å². The summed E-state index contributed by atoms with van der Waals surface area (Å²) in [5.74, 6) is 0.301. The zero-order chi connectivity index (χ0) is 16.9. The second-order valence-electron chi connectivity index (χ2n) is 5.92. The maximum atomic E-state index is 12.7. The maximum Gasteiger partial charge on any atom is 0.257 e. The number of aliphatic hydroxyl groups excluding tert-OH is 1. The molecular weight excluding hydrogens is 298 g/mol. The molecular formula is C17H25NO5. The van der Waals surface area contributed by atoms with Crippen molar-refractivity contribution >= 4 is 5.91 Å². The molecule has 6 heteroatoms. The number of amides is 1. The van der Waals surface area contributed by atoms with Gasteiger partial charge in [-0.25, -0.2) is 0 Å². The van der Waals surface area contributed by atoms with E-state index in [0.717, 1.165) is 0 Å². The number of carbonyl (C=O) groups is 1. The van der Waals surface area contributed by atoms with Crippen molar-refractivity contribution in [2.75, 3.05) is 32.9 Å². The molecule has 0 aromatic heterocycles. The molecule has 2 rings (SSSR count). The monoisotopic (exact) mass is 323 g/mol. The summed E-state index contributed by atoms with van der Waals surface area (Å²) >= 11 is 0. The molecule has 23 heavy (non-hydrogen) atoms. The third-order valence-corrected chi connectivity index (χ3v) is 4.09. The summed E-state index contributed by atoms with van der Waals surface area (Å²) in [5, 5.41) is 20.0. The minimum atomic E-state index is -1.15. The zero-order valence-corrected chi connectivity index (χ0v) is 13.7. The number of rotatable bonds is 6. The first-order chi connectivity index (χ1) is 11.0. The van der Waals surface area contributed by atoms with Gasteiger partial charge in [0.1, 0.15) is 12.4 Å². The van der Waals surface area contributed by atoms with Crippen LogP contribution in [-0.2, 0) is 4.74 Å². The average Bonchev–Trinajstić information content (AvgIpc) is 2.54. The second kappa shape index (κ2) is 7.77. The summed E-state index contributed by atoms with van der Waals surface area (Å²) in [4.78, 5) is 14.2. The molecule has 2 N–H and O–H groups in total. The van der Waals surface area contributed by atoms with Crippen LogP contribution in [0.25, 0.3) is 0 Å². The minimum absolute atomic E-state index is 0.110. The smallest absolute Gasteiger partial charge is 0.257 e. The Hall–Kier alpha value is -1.63. The van der Waals surface area contributed by atoms with Gasteiger partial charge in [0.2, 0.25) is 0 Å². The Labute approximate surface area is 136 Å². The lowest BCUT2D eigenvalue weighted by Crippen LogP contribution is -2.55. The van der Waals surface area contributed by atoms with Crippen molar-refractivity contribution < 1.29 is 24.5 Å². The fourth-order valence-corrected chi connectivity index (χ4v) is 2.50. The molecule has 0 unspecified atom stereocenters. The molecule has 1 amide bonds. The largest absolute Gasteiger partial charge is 0.490 e. The van der Waals surface area contributed by atoms with Crippen LogP contribution in [0.1, 0.15) is 30.6 Å². The van der Waals surface area contributed by atoms with Crippen LogP contribution >= 0.6 is 0 Å². The molecule has 1 aliphatic rings. The summed E-state index contributed by atoms with van der Waals surface area (Å²) in [6, 6.07) is 7.04. The third-order valence-electron chi connectivity index (χ3n) is 4.09. The highest BCUT2D eigenvalue weighted by molar-refractivity contribution is 5.97. The normalized spacial score (nSPS) is 24.5. The number of hydrogen-bond donors (Lipinski definition) is 2. The van der Waals surface area contributed by atoms with Crippen LogP contribution in [0.2, 0.25) is 0 Å². The minimum Gasteiger partial charge on any atom is -0.490 e. The van der Waals surface area contributed by atoms with Gasteiger partial charge < -0.3 is 24.6 Å². The predicted octanol–water partition coefficient (Wildman–Crippen LogP) is 1.06. The number of nitrogens with zero attached hydrogens (tertiary/aromatic N) is 1. The van der Waals surface area contributed by atoms with Gasteiger partial charge in [-0.2, -0.15) is 0 Å². The number of aliphatic hydroxyl groups is 2. The van der Waals surface area contributed by atoms with E-state index in [1.54, 1.807) is 30.0 Å². The average molecular weight is 323 g/mol. The number of carbonyl (C=O) groups excluding carboxylic acids is 1. The van der Waals surface area contributed by atoms with Gasteiger partial charge in [0.15, 0.2) is 0 Å². The van der Waals surface area contributed by atoms with Crippen LogP contribution in [0.15, 0.2) is 24.3 Å². The zero-order valence-electron chi connectivity index (χ0n) is 13.7. The molecule has 1 heterocycles. The van der Waals surface area contributed by atoms with E-state index in [9.17, 15) is 15.0 Å². The lowest BCUT2D eigenvalue weighted by molar-refractivity contribution is -0.0999. The lowest BCUT2D eigenvalue weighted by atomic mass is 9.90. The summed E-state index contributed by atoms with van der Waals surface area (Å²) in [6.45, 7) is 5.46. The molecule has 0 bridgehead atoms. The first-order valence-electron chi connectivity index (χ1n) is 7.95. The van der Waals surface area contributed by atoms with Crippen molar-refractivity contribution in [3.8, 4) is 5.75 Å². The summed E-state index contributed by atoms with van der Waals surface area (Å²) in [7, 11) is 0. The van der Waals surface area contributed by atoms with Gasteiger partial charge >= 0.3 is 0 Å². The number of ether oxygens (including phenoxy) is 2. The molecule has 0 spiro atoms. The molecule has 0 saturated carbocycles. The number of hydrogen-bond acceptors (Lipinski definition) is 5. The third kappa shape index (κ3) is 4.43. The van der Waals surface area contributed by atoms with E-state index in [2.05, 4.69) is 0 Å². The molecule has 1 fully saturated rings. The molecule has 2 atom stereocenters. The molecule has 1 aromatic rings. The molecule has 0 radical (unpaired) electrons. The summed E-state index contributed by atoms with van der Waals surface area (Å²) in [6.07, 6.45) is -0.612. The van der Waals surface area contributed by atoms with Crippen molar-refractivity contribution in [3.63, 3.8) is 0 Å². The Morgan fingerprint density at radius 3 is 2.83 bits per heavy atom. The quantitative estimate of drug-likeness (QED) is 0.765. The Bertz CT molecular complexity index is 531. The van der Waals surface area contributed by atoms with E-state index < -0.39 is 11.7 Å². The SMILES string of the molecule is CCOCCOc1ccccc1C(=O)N1CC[C@](C)(O)[C@H](O)C1. The Balaban J connectivity index is 2.05. The molecule has 0 aliphatic carbocycles. The molecule has 1 saturated heterocycles. The van der Waals surface area contributed by atoms with E-state index >= 15 is 0 Å². The first-order valence-corrected chi connectivity index (χ1v) is 7.95. The van der Waals surface area contributed by atoms with E-state index in [0.29, 0.717) is 44.1 Å². The molecule has 128 valence electrons. The fraction of sp³-hybridized carbons (Fsp3) is 0.588. The van der Waals surface area contributed by atoms with Crippen molar-refractivity contribution in [2.45, 2.75) is 32.0 Å². The molecule has 1 aromatic carbocycles. The molecule has 1 aliphatic heterocycles. The Kier molecular flexibility index (Phi) is 5.98. The highest BCUT2D eigenvalue weighted by atomic mass is 16.5. The van der Waals surface area contributed by atoms with E-state index in [-0.39, 0.29) is 12.5 Å². The van der Waals surface area contributed by atoms with Crippen molar-refractivity contribution in [3.05, 3.63) is 29.8 Å². The van der Waals surface area contributed by atoms with Gasteiger partial charge in [0.25, 0.3) is 5.91 Å². The number of para-hydroxylation sites is 1. The number of β-amino-alcohol motifs (C(OH)–C–C–N with tert-alkyl or cyclic N) is 1. The highest BCUT2D eigenvalue weighted by Crippen LogP contribution is 2.26. The van der Waals surface area contributed by atoms with Crippen LogP contribution < -0.4 is 4.74 Å². The second-order valence-corrected chi connectivity index (χ2v) is 5.92. The standard InChI is InChI=1S/C17H25NO5/c1-3-22-10-11-23-14-7-5-4-6-13(14)16(20)18-9-8-17(2,21)15(19)12-18/h4-7,15,19,21H,3,8-12H2,1-2H3/t15-,17+/m1/s1. The van der Waals surface area contributed by atoms with Gasteiger partial charge in [0, 0.05) is 19.7 Å². The number of piperidine rings is 1. The van der Waals surface area contributed by atoms with Gasteiger partial charge in [-0.1, -0.05) is 12.1 Å². The lowest BCUT2D eigenvalue weighted by Gasteiger charge is -2.40. The van der Waals surface area contributed by atoms with Crippen molar-refractivity contribution in [1.82, 2.24) is 4.90 Å². The summed E-state index contributed by atoms with van der Waals surface area (Å²) < 4.78 is 10.9. The number of likely N-dealkylation sites (tertiary alicyclic amines) is 1. The van der Waals surface area contributed by atoms with Crippen LogP contribution in [0.4, 0.5) is 0 Å². The summed E-state index contributed by atoms with van der Waals surface area (Å²) in [5.41, 5.74) is -0.692. The Morgan fingerprint density at radius 2 is 2.13 bits per heavy atom. The van der Waals surface area contributed by atoms with E-state index in [1.807, 2.05) is 13.0 Å². The van der Waals surface area contributed by atoms with Crippen molar-refractivity contribution in [1.29, 1.82) is 0 Å². The van der Waals surface area contributed by atoms with Gasteiger partial charge in [-0.05, 0) is 32.4 Å². The first kappa shape index (κ1) is 17.7. The molecule has 6 nitrogen and oxygen atoms in total. The van der Waals surface area contributed by atoms with Gasteiger partial charge in [-0.3, -0.25) is 4.79 Å².